The minimum atomic E-state index is -0.405. The number of nitrogens with two attached hydrogens (primary N) is 1. The normalized spacial score (nSPS) is 9.89. The van der Waals surface area contributed by atoms with Gasteiger partial charge in [-0.3, -0.25) is 20.4 Å². The molecule has 0 aliphatic carbocycles. The molecule has 1 aromatic rings. The minimum Gasteiger partial charge on any atom is -0.484 e. The molecule has 0 aliphatic heterocycles. The molecule has 4 N–H and O–H groups in total. The highest BCUT2D eigenvalue weighted by atomic mass is 32.1. The van der Waals surface area contributed by atoms with Crippen LogP contribution in [0.4, 0.5) is 0 Å². The fourth-order valence-corrected chi connectivity index (χ4v) is 1.19. The molecule has 0 heterocycles. The Hall–Kier alpha value is -2.41. The third-order valence-corrected chi connectivity index (χ3v) is 2.04. The topological polar surface area (TPSA) is 93.5 Å². The molecule has 6 nitrogen and oxygen atoms in total. The number of amides is 1. The largest absolute Gasteiger partial charge is 0.484 e. The molecule has 0 saturated carbocycles. The summed E-state index contributed by atoms with van der Waals surface area (Å²) in [5.41, 5.74) is 10.6. The molecule has 0 atom stereocenters. The summed E-state index contributed by atoms with van der Waals surface area (Å²) in [6, 6.07) is 6.92. The second-order valence-corrected chi connectivity index (χ2v) is 3.83. The quantitative estimate of drug-likeness (QED) is 0.307. The second-order valence-electron chi connectivity index (χ2n) is 3.39. The van der Waals surface area contributed by atoms with Gasteiger partial charge in [-0.05, 0) is 36.0 Å². The van der Waals surface area contributed by atoms with E-state index in [1.807, 2.05) is 0 Å². The van der Waals surface area contributed by atoms with Crippen LogP contribution in [-0.4, -0.2) is 23.9 Å². The highest BCUT2D eigenvalue weighted by Crippen LogP contribution is 2.12. The molecule has 19 heavy (non-hydrogen) atoms. The van der Waals surface area contributed by atoms with Crippen LogP contribution in [0.15, 0.2) is 30.3 Å². The number of thiocarbonyl (C=S) groups is 1. The third-order valence-electron chi connectivity index (χ3n) is 1.94. The number of benzene rings is 1. The van der Waals surface area contributed by atoms with Crippen molar-refractivity contribution in [1.29, 1.82) is 0 Å². The molecule has 1 amide bonds. The molecule has 0 unspecified atom stereocenters. The maximum absolute atomic E-state index is 11.3. The lowest BCUT2D eigenvalue weighted by atomic mass is 10.2. The highest BCUT2D eigenvalue weighted by molar-refractivity contribution is 7.80. The molecular formula is C12H13N3O3S. The molecule has 0 fully saturated rings. The van der Waals surface area contributed by atoms with E-state index in [-0.39, 0.29) is 11.7 Å². The number of carbonyl (C=O) groups is 2. The molecular weight excluding hydrogens is 266 g/mol. The molecule has 0 saturated heterocycles. The fourth-order valence-electron chi connectivity index (χ4n) is 1.14. The van der Waals surface area contributed by atoms with E-state index in [2.05, 4.69) is 23.1 Å². The molecule has 0 aliphatic rings. The summed E-state index contributed by atoms with van der Waals surface area (Å²) in [5.74, 6) is 0.131. The zero-order chi connectivity index (χ0) is 14.1. The summed E-state index contributed by atoms with van der Waals surface area (Å²) >= 11 is 4.52. The minimum absolute atomic E-state index is 0.0281. The first-order valence-electron chi connectivity index (χ1n) is 5.31. The van der Waals surface area contributed by atoms with Crippen LogP contribution in [0.5, 0.6) is 5.75 Å². The van der Waals surface area contributed by atoms with Gasteiger partial charge in [0.25, 0.3) is 5.91 Å². The van der Waals surface area contributed by atoms with Gasteiger partial charge in [-0.1, -0.05) is 18.2 Å². The number of hydrazine groups is 1. The summed E-state index contributed by atoms with van der Waals surface area (Å²) in [4.78, 5) is 21.4. The number of rotatable bonds is 5. The van der Waals surface area contributed by atoms with E-state index in [4.69, 9.17) is 10.5 Å². The number of hydrogen-bond donors (Lipinski definition) is 3. The van der Waals surface area contributed by atoms with Crippen molar-refractivity contribution in [2.45, 2.75) is 0 Å². The summed E-state index contributed by atoms with van der Waals surface area (Å²) in [6.07, 6.45) is 3.75. The molecule has 1 rings (SSSR count). The Kier molecular flexibility index (Phi) is 6.04. The van der Waals surface area contributed by atoms with Crippen molar-refractivity contribution in [3.8, 4) is 5.75 Å². The molecule has 1 aromatic carbocycles. The average molecular weight is 279 g/mol. The Labute approximate surface area is 115 Å². The van der Waals surface area contributed by atoms with Crippen molar-refractivity contribution in [1.82, 2.24) is 10.9 Å². The van der Waals surface area contributed by atoms with Crippen molar-refractivity contribution in [3.63, 3.8) is 0 Å². The molecule has 0 spiro atoms. The van der Waals surface area contributed by atoms with Gasteiger partial charge in [0, 0.05) is 0 Å². The van der Waals surface area contributed by atoms with Crippen molar-refractivity contribution in [2.24, 2.45) is 5.73 Å². The molecule has 100 valence electrons. The maximum atomic E-state index is 11.3. The number of allylic oxidation sites excluding steroid dienone is 1. The lowest BCUT2D eigenvalue weighted by Gasteiger charge is -2.08. The van der Waals surface area contributed by atoms with Gasteiger partial charge >= 0.3 is 0 Å². The number of carbonyl (C=O) groups excluding carboxylic acids is 2. The van der Waals surface area contributed by atoms with E-state index >= 15 is 0 Å². The summed E-state index contributed by atoms with van der Waals surface area (Å²) < 4.78 is 5.23. The maximum Gasteiger partial charge on any atom is 0.276 e. The Balaban J connectivity index is 2.41. The number of aldehydes is 1. The van der Waals surface area contributed by atoms with Gasteiger partial charge in [0.1, 0.15) is 12.0 Å². The van der Waals surface area contributed by atoms with Gasteiger partial charge in [-0.15, -0.1) is 0 Å². The van der Waals surface area contributed by atoms with Gasteiger partial charge < -0.3 is 10.5 Å². The van der Waals surface area contributed by atoms with Crippen LogP contribution in [0.3, 0.4) is 0 Å². The standard InChI is InChI=1S/C12H13N3O3S/c13-12(19)15-14-11(17)8-18-10-5-3-9(4-6-10)2-1-7-16/h1-7H,8H2,(H,14,17)(H3,13,15,19). The number of nitrogens with one attached hydrogen (secondary N) is 2. The van der Waals surface area contributed by atoms with E-state index < -0.39 is 5.91 Å². The van der Waals surface area contributed by atoms with Crippen LogP contribution in [0, 0.1) is 0 Å². The van der Waals surface area contributed by atoms with Crippen molar-refractivity contribution >= 4 is 35.6 Å². The van der Waals surface area contributed by atoms with E-state index in [0.717, 1.165) is 5.56 Å². The first-order chi connectivity index (χ1) is 9.11. The monoisotopic (exact) mass is 279 g/mol. The lowest BCUT2D eigenvalue weighted by Crippen LogP contribution is -2.46. The molecule has 7 heteroatoms. The van der Waals surface area contributed by atoms with Crippen LogP contribution < -0.4 is 21.3 Å². The average Bonchev–Trinajstić information content (AvgIpc) is 2.41. The van der Waals surface area contributed by atoms with Gasteiger partial charge in [0.15, 0.2) is 11.7 Å². The predicted molar refractivity (Wildman–Crippen MR) is 75.1 cm³/mol. The Bertz CT molecular complexity index is 485. The van der Waals surface area contributed by atoms with E-state index in [1.165, 1.54) is 6.08 Å². The predicted octanol–water partition coefficient (Wildman–Crippen LogP) is 0.142. The van der Waals surface area contributed by atoms with Gasteiger partial charge in [-0.2, -0.15) is 0 Å². The van der Waals surface area contributed by atoms with Crippen LogP contribution in [0.25, 0.3) is 6.08 Å². The second kappa shape index (κ2) is 7.83. The van der Waals surface area contributed by atoms with Crippen LogP contribution in [0.1, 0.15) is 5.56 Å². The van der Waals surface area contributed by atoms with E-state index in [1.54, 1.807) is 30.3 Å². The number of hydrogen-bond acceptors (Lipinski definition) is 4. The smallest absolute Gasteiger partial charge is 0.276 e. The Morgan fingerprint density at radius 1 is 1.32 bits per heavy atom. The first-order valence-corrected chi connectivity index (χ1v) is 5.71. The van der Waals surface area contributed by atoms with E-state index in [9.17, 15) is 9.59 Å². The molecule has 0 aromatic heterocycles. The number of ether oxygens (including phenoxy) is 1. The first kappa shape index (κ1) is 14.7. The molecule has 0 radical (unpaired) electrons. The van der Waals surface area contributed by atoms with Crippen LogP contribution in [0.2, 0.25) is 0 Å². The lowest BCUT2D eigenvalue weighted by molar-refractivity contribution is -0.123. The van der Waals surface area contributed by atoms with E-state index in [0.29, 0.717) is 12.0 Å². The van der Waals surface area contributed by atoms with Crippen molar-refractivity contribution < 1.29 is 14.3 Å². The van der Waals surface area contributed by atoms with Crippen LogP contribution >= 0.6 is 12.2 Å². The third kappa shape index (κ3) is 6.18. The van der Waals surface area contributed by atoms with Gasteiger partial charge in [0.05, 0.1) is 0 Å². The van der Waals surface area contributed by atoms with Gasteiger partial charge in [0.2, 0.25) is 0 Å². The highest BCUT2D eigenvalue weighted by Gasteiger charge is 2.02. The fraction of sp³-hybridized carbons (Fsp3) is 0.0833. The van der Waals surface area contributed by atoms with Gasteiger partial charge in [-0.25, -0.2) is 0 Å². The summed E-state index contributed by atoms with van der Waals surface area (Å²) in [7, 11) is 0. The van der Waals surface area contributed by atoms with Crippen molar-refractivity contribution in [3.05, 3.63) is 35.9 Å². The zero-order valence-electron chi connectivity index (χ0n) is 9.96. The Morgan fingerprint density at radius 3 is 2.58 bits per heavy atom. The van der Waals surface area contributed by atoms with Crippen molar-refractivity contribution in [2.75, 3.05) is 6.61 Å². The summed E-state index contributed by atoms with van der Waals surface area (Å²) in [6.45, 7) is -0.168. The van der Waals surface area contributed by atoms with Crippen LogP contribution in [-0.2, 0) is 9.59 Å². The molecule has 0 bridgehead atoms. The Morgan fingerprint density at radius 2 is 2.00 bits per heavy atom. The SMILES string of the molecule is NC(=S)NNC(=O)COc1ccc(C=CC=O)cc1. The zero-order valence-corrected chi connectivity index (χ0v) is 10.8. The summed E-state index contributed by atoms with van der Waals surface area (Å²) in [5, 5.41) is -0.0281.